The summed E-state index contributed by atoms with van der Waals surface area (Å²) in [6.07, 6.45) is -0.0809. The molecule has 13 nitrogen and oxygen atoms in total. The van der Waals surface area contributed by atoms with Crippen LogP contribution in [-0.2, 0) is 40.1 Å². The Balaban J connectivity index is 0.00000367. The van der Waals surface area contributed by atoms with Gasteiger partial charge in [0.15, 0.2) is 0 Å². The van der Waals surface area contributed by atoms with E-state index in [-0.39, 0.29) is 23.0 Å². The zero-order valence-electron chi connectivity index (χ0n) is 34.7. The van der Waals surface area contributed by atoms with Gasteiger partial charge in [-0.2, -0.15) is 13.2 Å². The first-order chi connectivity index (χ1) is 27.1. The zero-order valence-corrected chi connectivity index (χ0v) is 35.5. The van der Waals surface area contributed by atoms with E-state index in [0.717, 1.165) is 29.5 Å². The molecule has 4 aliphatic rings. The first-order valence-electron chi connectivity index (χ1n) is 20.3. The van der Waals surface area contributed by atoms with Crippen LogP contribution in [0.2, 0.25) is 0 Å². The SMILES string of the molecule is CC.CCC1CC/C=C\[C@@H]2C[C@@]2(C(=O)NS(=O)(=O)C2(CC)CC2)NC(=O)[C@@H]2C[C@@H](OC(=O)c3ccccc3C(F)(F)F)CN2C(=O)[C@@H](NC(=O)OC(C)(C)C)[C@H](C)C1.[HH].[HH].[HH]. The van der Waals surface area contributed by atoms with E-state index in [1.54, 1.807) is 40.7 Å². The molecule has 58 heavy (non-hydrogen) atoms. The standard InChI is InChI=1S/C39H53F3N4O9S.C2H6.3H2/c1-7-24-13-9-10-14-25-21-38(25,34(50)45-56(52,53)37(8-2)17-18-37)44-31(47)29-20-26(54-33(49)27-15-11-12-16-28(27)39(40,41)42)22-46(29)32(48)30(23(3)19-24)43-35(51)55-36(4,5)6;1-2;;;/h10-12,14-16,23-26,29-30H,7-9,13,17-22H2,1-6H3,(H,43,51)(H,44,47)(H,45,50);1-2H3;3*1H/b14-10-;;;;/t23-,24?,25-,26-,29+,30+,38-;;;;/m1..../s1. The van der Waals surface area contributed by atoms with Crippen LogP contribution >= 0.6 is 0 Å². The number of nitrogens with one attached hydrogen (secondary N) is 3. The van der Waals surface area contributed by atoms with Crippen LogP contribution in [0.5, 0.6) is 0 Å². The number of benzene rings is 1. The summed E-state index contributed by atoms with van der Waals surface area (Å²) in [4.78, 5) is 70.5. The van der Waals surface area contributed by atoms with Gasteiger partial charge in [0.1, 0.15) is 29.3 Å². The minimum absolute atomic E-state index is 0. The van der Waals surface area contributed by atoms with Crippen molar-refractivity contribution >= 4 is 39.8 Å². The highest BCUT2D eigenvalue weighted by Gasteiger charge is 2.63. The van der Waals surface area contributed by atoms with Gasteiger partial charge in [0, 0.05) is 16.6 Å². The number of halogens is 3. The molecule has 1 saturated heterocycles. The van der Waals surface area contributed by atoms with Gasteiger partial charge in [-0.05, 0) is 89.7 Å². The van der Waals surface area contributed by atoms with Gasteiger partial charge in [-0.3, -0.25) is 19.1 Å². The maximum atomic E-state index is 14.7. The molecule has 1 unspecified atom stereocenters. The van der Waals surface area contributed by atoms with Crippen LogP contribution in [-0.4, -0.2) is 83.7 Å². The number of allylic oxidation sites excluding steroid dienone is 1. The first-order valence-corrected chi connectivity index (χ1v) is 21.8. The van der Waals surface area contributed by atoms with Gasteiger partial charge in [0.25, 0.3) is 5.91 Å². The van der Waals surface area contributed by atoms with Crippen molar-refractivity contribution in [3.05, 3.63) is 47.5 Å². The predicted octanol–water partition coefficient (Wildman–Crippen LogP) is 7.16. The normalized spacial score (nSPS) is 29.1. The lowest BCUT2D eigenvalue weighted by Crippen LogP contribution is -2.59. The summed E-state index contributed by atoms with van der Waals surface area (Å²) in [6.45, 7) is 14.0. The zero-order chi connectivity index (χ0) is 43.4. The van der Waals surface area contributed by atoms with Gasteiger partial charge in [0.2, 0.25) is 21.8 Å². The Hall–Kier alpha value is -4.15. The molecule has 0 spiro atoms. The van der Waals surface area contributed by atoms with Crippen LogP contribution in [0, 0.1) is 17.8 Å². The van der Waals surface area contributed by atoms with Gasteiger partial charge in [-0.25, -0.2) is 18.0 Å². The minimum Gasteiger partial charge on any atom is -0.457 e. The topological polar surface area (TPSA) is 177 Å². The summed E-state index contributed by atoms with van der Waals surface area (Å²) in [6, 6.07) is 1.40. The Kier molecular flexibility index (Phi) is 14.4. The van der Waals surface area contributed by atoms with Gasteiger partial charge < -0.3 is 25.0 Å². The Morgan fingerprint density at radius 3 is 2.29 bits per heavy atom. The number of carbonyl (C=O) groups excluding carboxylic acids is 5. The summed E-state index contributed by atoms with van der Waals surface area (Å²) in [7, 11) is -4.11. The summed E-state index contributed by atoms with van der Waals surface area (Å²) >= 11 is 0. The third-order valence-corrected chi connectivity index (χ3v) is 13.8. The van der Waals surface area contributed by atoms with Gasteiger partial charge >= 0.3 is 18.2 Å². The summed E-state index contributed by atoms with van der Waals surface area (Å²) in [5.74, 6) is -4.82. The summed E-state index contributed by atoms with van der Waals surface area (Å²) < 4.78 is 80.3. The van der Waals surface area contributed by atoms with E-state index in [2.05, 4.69) is 15.4 Å². The van der Waals surface area contributed by atoms with Crippen molar-refractivity contribution < 1.29 is 59.3 Å². The second kappa shape index (κ2) is 18.0. The van der Waals surface area contributed by atoms with E-state index in [1.807, 2.05) is 26.8 Å². The predicted molar refractivity (Wildman–Crippen MR) is 216 cm³/mol. The number of esters is 1. The molecule has 7 atom stereocenters. The van der Waals surface area contributed by atoms with Crippen molar-refractivity contribution in [3.63, 3.8) is 0 Å². The molecule has 1 aromatic carbocycles. The maximum Gasteiger partial charge on any atom is 0.417 e. The Morgan fingerprint density at radius 1 is 1.05 bits per heavy atom. The van der Waals surface area contributed by atoms with Crippen molar-refractivity contribution in [2.45, 2.75) is 153 Å². The summed E-state index contributed by atoms with van der Waals surface area (Å²) in [5, 5.41) is 5.41. The van der Waals surface area contributed by atoms with Crippen molar-refractivity contribution in [2.75, 3.05) is 6.54 Å². The van der Waals surface area contributed by atoms with Crippen LogP contribution < -0.4 is 15.4 Å². The van der Waals surface area contributed by atoms with E-state index >= 15 is 0 Å². The lowest BCUT2D eigenvalue weighted by atomic mass is 9.85. The monoisotopic (exact) mass is 846 g/mol. The second-order valence-electron chi connectivity index (χ2n) is 16.7. The molecule has 0 bridgehead atoms. The van der Waals surface area contributed by atoms with Crippen LogP contribution in [0.3, 0.4) is 0 Å². The number of rotatable bonds is 8. The number of alkyl halides is 3. The lowest BCUT2D eigenvalue weighted by Gasteiger charge is -2.33. The van der Waals surface area contributed by atoms with Crippen molar-refractivity contribution in [2.24, 2.45) is 17.8 Å². The highest BCUT2D eigenvalue weighted by molar-refractivity contribution is 7.91. The molecule has 0 aromatic heterocycles. The number of carbonyl (C=O) groups is 5. The van der Waals surface area contributed by atoms with E-state index in [4.69, 9.17) is 9.47 Å². The highest BCUT2D eigenvalue weighted by atomic mass is 32.2. The minimum atomic E-state index is -4.88. The molecule has 17 heteroatoms. The largest absolute Gasteiger partial charge is 0.457 e. The Morgan fingerprint density at radius 2 is 1.71 bits per heavy atom. The number of hydrogen-bond acceptors (Lipinski definition) is 9. The molecule has 3 fully saturated rings. The van der Waals surface area contributed by atoms with E-state index < -0.39 is 110 Å². The molecule has 2 aliphatic carbocycles. The molecule has 2 aliphatic heterocycles. The van der Waals surface area contributed by atoms with Crippen molar-refractivity contribution in [1.82, 2.24) is 20.3 Å². The molecular weight excluding hydrogens is 782 g/mol. The Bertz CT molecular complexity index is 1860. The second-order valence-corrected chi connectivity index (χ2v) is 18.7. The fourth-order valence-electron chi connectivity index (χ4n) is 7.86. The molecule has 1 aromatic rings. The number of ether oxygens (including phenoxy) is 2. The number of nitrogens with zero attached hydrogens (tertiary/aromatic N) is 1. The maximum absolute atomic E-state index is 14.7. The Labute approximate surface area is 344 Å². The average Bonchev–Trinajstić information content (AvgIpc) is 4.05. The first kappa shape index (κ1) is 46.5. The fraction of sp³-hybridized carbons (Fsp3) is 0.683. The molecule has 0 radical (unpaired) electrons. The molecular formula is C41H65F3N4O9S. The molecule has 3 N–H and O–H groups in total. The van der Waals surface area contributed by atoms with Crippen LogP contribution in [0.15, 0.2) is 36.4 Å². The van der Waals surface area contributed by atoms with Crippen LogP contribution in [0.4, 0.5) is 18.0 Å². The van der Waals surface area contributed by atoms with Gasteiger partial charge in [-0.15, -0.1) is 0 Å². The third-order valence-electron chi connectivity index (χ3n) is 11.5. The molecule has 5 rings (SSSR count). The smallest absolute Gasteiger partial charge is 0.417 e. The van der Waals surface area contributed by atoms with Crippen molar-refractivity contribution in [3.8, 4) is 0 Å². The number of hydrogen-bond donors (Lipinski definition) is 3. The molecule has 2 heterocycles. The molecule has 330 valence electrons. The number of alkyl carbamates (subject to hydrolysis) is 1. The number of amides is 4. The van der Waals surface area contributed by atoms with Crippen LogP contribution in [0.1, 0.15) is 133 Å². The summed E-state index contributed by atoms with van der Waals surface area (Å²) in [5.41, 5.74) is -4.59. The van der Waals surface area contributed by atoms with E-state index in [0.29, 0.717) is 38.5 Å². The van der Waals surface area contributed by atoms with Crippen LogP contribution in [0.25, 0.3) is 0 Å². The van der Waals surface area contributed by atoms with Gasteiger partial charge in [0.05, 0.1) is 22.4 Å². The van der Waals surface area contributed by atoms with Gasteiger partial charge in [-0.1, -0.05) is 65.3 Å². The third kappa shape index (κ3) is 10.5. The lowest BCUT2D eigenvalue weighted by molar-refractivity contribution is -0.142. The number of fused-ring (bicyclic) bond motifs is 2. The fourth-order valence-corrected chi connectivity index (χ4v) is 9.52. The van der Waals surface area contributed by atoms with E-state index in [1.165, 1.54) is 6.07 Å². The van der Waals surface area contributed by atoms with E-state index in [9.17, 15) is 45.6 Å². The molecule has 4 amide bonds. The molecule has 2 saturated carbocycles. The average molecular weight is 847 g/mol. The number of sulfonamides is 1. The highest BCUT2D eigenvalue weighted by Crippen LogP contribution is 2.49. The quantitative estimate of drug-likeness (QED) is 0.181. The van der Waals surface area contributed by atoms with Crippen molar-refractivity contribution in [1.29, 1.82) is 0 Å².